The van der Waals surface area contributed by atoms with Crippen molar-refractivity contribution < 1.29 is 14.2 Å². The van der Waals surface area contributed by atoms with E-state index in [0.717, 1.165) is 31.1 Å². The molecule has 1 aliphatic rings. The van der Waals surface area contributed by atoms with Gasteiger partial charge in [0, 0.05) is 18.2 Å². The Kier molecular flexibility index (Phi) is 4.66. The van der Waals surface area contributed by atoms with E-state index in [0.29, 0.717) is 6.04 Å². The average molecular weight is 265 g/mol. The van der Waals surface area contributed by atoms with Crippen LogP contribution in [-0.2, 0) is 11.2 Å². The summed E-state index contributed by atoms with van der Waals surface area (Å²) in [7, 11) is 3.36. The lowest BCUT2D eigenvalue weighted by Gasteiger charge is -2.29. The molecule has 4 heteroatoms. The molecule has 0 amide bonds. The number of rotatable bonds is 5. The van der Waals surface area contributed by atoms with Crippen molar-refractivity contribution in [3.05, 3.63) is 23.3 Å². The van der Waals surface area contributed by atoms with Gasteiger partial charge in [0.25, 0.3) is 0 Å². The minimum atomic E-state index is 0.0888. The molecular weight excluding hydrogens is 242 g/mol. The second kappa shape index (κ2) is 6.26. The SMILES string of the molecule is COc1ccc2c(c1OC)CCOC2CNC(C)C. The first-order chi connectivity index (χ1) is 9.17. The van der Waals surface area contributed by atoms with Gasteiger partial charge in [-0.15, -0.1) is 0 Å². The Morgan fingerprint density at radius 2 is 2.11 bits per heavy atom. The van der Waals surface area contributed by atoms with Crippen molar-refractivity contribution in [2.45, 2.75) is 32.4 Å². The molecule has 0 aromatic heterocycles. The van der Waals surface area contributed by atoms with Crippen molar-refractivity contribution >= 4 is 0 Å². The highest BCUT2D eigenvalue weighted by Gasteiger charge is 2.25. The highest BCUT2D eigenvalue weighted by molar-refractivity contribution is 5.52. The quantitative estimate of drug-likeness (QED) is 0.887. The normalized spacial score (nSPS) is 18.3. The van der Waals surface area contributed by atoms with Crippen LogP contribution in [-0.4, -0.2) is 33.4 Å². The van der Waals surface area contributed by atoms with Gasteiger partial charge in [0.2, 0.25) is 0 Å². The molecule has 2 rings (SSSR count). The molecule has 1 aromatic rings. The van der Waals surface area contributed by atoms with E-state index in [1.807, 2.05) is 6.07 Å². The maximum Gasteiger partial charge on any atom is 0.164 e. The summed E-state index contributed by atoms with van der Waals surface area (Å²) >= 11 is 0. The molecule has 4 nitrogen and oxygen atoms in total. The number of ether oxygens (including phenoxy) is 3. The summed E-state index contributed by atoms with van der Waals surface area (Å²) in [5.74, 6) is 1.64. The second-order valence-electron chi connectivity index (χ2n) is 5.04. The summed E-state index contributed by atoms with van der Waals surface area (Å²) in [5.41, 5.74) is 2.42. The molecule has 0 fully saturated rings. The predicted molar refractivity (Wildman–Crippen MR) is 75.1 cm³/mol. The zero-order valence-electron chi connectivity index (χ0n) is 12.2. The van der Waals surface area contributed by atoms with Gasteiger partial charge in [-0.25, -0.2) is 0 Å². The molecule has 0 spiro atoms. The van der Waals surface area contributed by atoms with Gasteiger partial charge in [-0.3, -0.25) is 0 Å². The summed E-state index contributed by atoms with van der Waals surface area (Å²) in [6, 6.07) is 4.49. The highest BCUT2D eigenvalue weighted by atomic mass is 16.5. The summed E-state index contributed by atoms with van der Waals surface area (Å²) < 4.78 is 16.7. The minimum absolute atomic E-state index is 0.0888. The zero-order valence-corrected chi connectivity index (χ0v) is 12.2. The molecule has 0 saturated heterocycles. The van der Waals surface area contributed by atoms with Crippen molar-refractivity contribution in [2.75, 3.05) is 27.4 Å². The number of fused-ring (bicyclic) bond motifs is 1. The molecule has 1 atom stereocenters. The summed E-state index contributed by atoms with van der Waals surface area (Å²) in [4.78, 5) is 0. The van der Waals surface area contributed by atoms with Crippen molar-refractivity contribution in [3.63, 3.8) is 0 Å². The van der Waals surface area contributed by atoms with Gasteiger partial charge in [0.05, 0.1) is 26.9 Å². The topological polar surface area (TPSA) is 39.7 Å². The van der Waals surface area contributed by atoms with Crippen LogP contribution in [0.2, 0.25) is 0 Å². The Morgan fingerprint density at radius 3 is 2.74 bits per heavy atom. The van der Waals surface area contributed by atoms with E-state index in [-0.39, 0.29) is 6.10 Å². The lowest BCUT2D eigenvalue weighted by Crippen LogP contribution is -2.31. The maximum absolute atomic E-state index is 5.87. The molecule has 106 valence electrons. The lowest BCUT2D eigenvalue weighted by atomic mass is 9.95. The number of nitrogens with one attached hydrogen (secondary N) is 1. The zero-order chi connectivity index (χ0) is 13.8. The predicted octanol–water partition coefficient (Wildman–Crippen LogP) is 2.32. The van der Waals surface area contributed by atoms with E-state index in [9.17, 15) is 0 Å². The molecule has 1 aliphatic heterocycles. The Bertz CT molecular complexity index is 432. The van der Waals surface area contributed by atoms with Crippen LogP contribution >= 0.6 is 0 Å². The van der Waals surface area contributed by atoms with Crippen LogP contribution in [0.15, 0.2) is 12.1 Å². The molecule has 1 heterocycles. The van der Waals surface area contributed by atoms with E-state index in [4.69, 9.17) is 14.2 Å². The Hall–Kier alpha value is -1.26. The number of hydrogen-bond donors (Lipinski definition) is 1. The molecule has 0 saturated carbocycles. The van der Waals surface area contributed by atoms with Crippen molar-refractivity contribution in [3.8, 4) is 11.5 Å². The highest BCUT2D eigenvalue weighted by Crippen LogP contribution is 2.39. The molecule has 1 aromatic carbocycles. The average Bonchev–Trinajstić information content (AvgIpc) is 2.43. The second-order valence-corrected chi connectivity index (χ2v) is 5.04. The largest absolute Gasteiger partial charge is 0.493 e. The maximum atomic E-state index is 5.87. The van der Waals surface area contributed by atoms with Gasteiger partial charge in [-0.2, -0.15) is 0 Å². The summed E-state index contributed by atoms with van der Waals surface area (Å²) in [6.07, 6.45) is 0.958. The Morgan fingerprint density at radius 1 is 1.32 bits per heavy atom. The van der Waals surface area contributed by atoms with Crippen LogP contribution < -0.4 is 14.8 Å². The molecule has 1 N–H and O–H groups in total. The fraction of sp³-hybridized carbons (Fsp3) is 0.600. The van der Waals surface area contributed by atoms with Crippen LogP contribution in [0.1, 0.15) is 31.1 Å². The first-order valence-electron chi connectivity index (χ1n) is 6.76. The number of hydrogen-bond acceptors (Lipinski definition) is 4. The Labute approximate surface area is 115 Å². The first kappa shape index (κ1) is 14.2. The third kappa shape index (κ3) is 3.01. The third-order valence-corrected chi connectivity index (χ3v) is 3.41. The van der Waals surface area contributed by atoms with Crippen LogP contribution in [0, 0.1) is 0 Å². The minimum Gasteiger partial charge on any atom is -0.493 e. The van der Waals surface area contributed by atoms with E-state index in [2.05, 4.69) is 25.2 Å². The van der Waals surface area contributed by atoms with Gasteiger partial charge in [0.15, 0.2) is 11.5 Å². The molecule has 0 radical (unpaired) electrons. The van der Waals surface area contributed by atoms with Crippen LogP contribution in [0.4, 0.5) is 0 Å². The van der Waals surface area contributed by atoms with Crippen molar-refractivity contribution in [1.29, 1.82) is 0 Å². The van der Waals surface area contributed by atoms with E-state index >= 15 is 0 Å². The molecule has 1 unspecified atom stereocenters. The summed E-state index contributed by atoms with van der Waals surface area (Å²) in [6.45, 7) is 5.82. The van der Waals surface area contributed by atoms with Gasteiger partial charge in [-0.05, 0) is 18.1 Å². The smallest absolute Gasteiger partial charge is 0.164 e. The van der Waals surface area contributed by atoms with E-state index < -0.39 is 0 Å². The fourth-order valence-corrected chi connectivity index (χ4v) is 2.47. The van der Waals surface area contributed by atoms with Gasteiger partial charge in [0.1, 0.15) is 0 Å². The van der Waals surface area contributed by atoms with E-state index in [1.54, 1.807) is 14.2 Å². The molecule has 0 bridgehead atoms. The van der Waals surface area contributed by atoms with Crippen molar-refractivity contribution in [2.24, 2.45) is 0 Å². The molecule has 19 heavy (non-hydrogen) atoms. The number of benzene rings is 1. The van der Waals surface area contributed by atoms with Crippen LogP contribution in [0.3, 0.4) is 0 Å². The van der Waals surface area contributed by atoms with Crippen molar-refractivity contribution in [1.82, 2.24) is 5.32 Å². The molecule has 0 aliphatic carbocycles. The first-order valence-corrected chi connectivity index (χ1v) is 6.76. The standard InChI is InChI=1S/C15H23NO3/c1-10(2)16-9-14-11-5-6-13(17-3)15(18-4)12(11)7-8-19-14/h5-6,10,14,16H,7-9H2,1-4H3. The van der Waals surface area contributed by atoms with Gasteiger partial charge in [-0.1, -0.05) is 19.9 Å². The Balaban J connectivity index is 2.29. The van der Waals surface area contributed by atoms with E-state index in [1.165, 1.54) is 11.1 Å². The lowest BCUT2D eigenvalue weighted by molar-refractivity contribution is 0.0404. The third-order valence-electron chi connectivity index (χ3n) is 3.41. The molecular formula is C15H23NO3. The van der Waals surface area contributed by atoms with Crippen LogP contribution in [0.5, 0.6) is 11.5 Å². The monoisotopic (exact) mass is 265 g/mol. The number of methoxy groups -OCH3 is 2. The van der Waals surface area contributed by atoms with Crippen LogP contribution in [0.25, 0.3) is 0 Å². The van der Waals surface area contributed by atoms with Gasteiger partial charge < -0.3 is 19.5 Å². The fourth-order valence-electron chi connectivity index (χ4n) is 2.47. The summed E-state index contributed by atoms with van der Waals surface area (Å²) in [5, 5.41) is 3.43. The van der Waals surface area contributed by atoms with Gasteiger partial charge >= 0.3 is 0 Å².